The van der Waals surface area contributed by atoms with Gasteiger partial charge in [0, 0.05) is 24.9 Å². The minimum atomic E-state index is -0.787. The van der Waals surface area contributed by atoms with Gasteiger partial charge in [-0.1, -0.05) is 18.2 Å². The van der Waals surface area contributed by atoms with E-state index in [1.54, 1.807) is 10.8 Å². The van der Waals surface area contributed by atoms with Crippen LogP contribution in [0.1, 0.15) is 17.3 Å². The summed E-state index contributed by atoms with van der Waals surface area (Å²) < 4.78 is 6.30. The molecule has 0 radical (unpaired) electrons. The average Bonchev–Trinajstić information content (AvgIpc) is 2.68. The summed E-state index contributed by atoms with van der Waals surface area (Å²) in [7, 11) is 0. The molecule has 2 N–H and O–H groups in total. The van der Waals surface area contributed by atoms with Crippen LogP contribution in [-0.2, 0) is 11.2 Å². The fourth-order valence-electron chi connectivity index (χ4n) is 1.97. The lowest BCUT2D eigenvalue weighted by Crippen LogP contribution is -2.14. The lowest BCUT2D eigenvalue weighted by atomic mass is 10.1. The second kappa shape index (κ2) is 4.91. The molecule has 0 atom stereocenters. The monoisotopic (exact) mass is 246 g/mol. The molecule has 18 heavy (non-hydrogen) atoms. The number of benzene rings is 1. The first-order valence-corrected chi connectivity index (χ1v) is 5.61. The fourth-order valence-corrected chi connectivity index (χ4v) is 1.97. The summed E-state index contributed by atoms with van der Waals surface area (Å²) >= 11 is 0. The highest BCUT2D eigenvalue weighted by Crippen LogP contribution is 2.21. The molecule has 5 nitrogen and oxygen atoms in total. The summed E-state index contributed by atoms with van der Waals surface area (Å²) in [4.78, 5) is 22.0. The Labute approximate surface area is 104 Å². The van der Waals surface area contributed by atoms with Gasteiger partial charge in [-0.05, 0) is 11.6 Å². The number of carbonyl (C=O) groups is 2. The van der Waals surface area contributed by atoms with Crippen LogP contribution in [-0.4, -0.2) is 23.2 Å². The van der Waals surface area contributed by atoms with Crippen molar-refractivity contribution >= 4 is 22.9 Å². The van der Waals surface area contributed by atoms with Gasteiger partial charge in [0.2, 0.25) is 5.91 Å². The Kier molecular flexibility index (Phi) is 3.32. The van der Waals surface area contributed by atoms with Crippen molar-refractivity contribution in [2.45, 2.75) is 13.3 Å². The molecule has 0 saturated heterocycles. The third-order valence-corrected chi connectivity index (χ3v) is 2.75. The van der Waals surface area contributed by atoms with Gasteiger partial charge < -0.3 is 10.5 Å². The van der Waals surface area contributed by atoms with Crippen molar-refractivity contribution in [3.63, 3.8) is 0 Å². The normalized spacial score (nSPS) is 10.5. The highest BCUT2D eigenvalue weighted by molar-refractivity contribution is 5.93. The second-order valence-corrected chi connectivity index (χ2v) is 3.98. The Morgan fingerprint density at radius 1 is 1.33 bits per heavy atom. The zero-order chi connectivity index (χ0) is 13.1. The number of fused-ring (bicyclic) bond motifs is 1. The fraction of sp³-hybridized carbons (Fsp3) is 0.231. The number of primary amides is 1. The van der Waals surface area contributed by atoms with Crippen LogP contribution in [0.2, 0.25) is 0 Å². The molecule has 2 rings (SSSR count). The summed E-state index contributed by atoms with van der Waals surface area (Å²) in [6.07, 6.45) is 1.52. The third-order valence-electron chi connectivity index (χ3n) is 2.75. The number of hydrogen-bond acceptors (Lipinski definition) is 3. The molecule has 0 spiro atoms. The van der Waals surface area contributed by atoms with E-state index in [0.717, 1.165) is 16.5 Å². The van der Waals surface area contributed by atoms with E-state index in [0.29, 0.717) is 6.42 Å². The Bertz CT molecular complexity index is 601. The number of amides is 1. The standard InChI is InChI=1S/C13H14N2O3/c1-9(16)15-8-10(6-7-18-13(14)17)11-4-2-3-5-12(11)15/h2-5,8H,6-7H2,1H3,(H2,14,17). The summed E-state index contributed by atoms with van der Waals surface area (Å²) in [6, 6.07) is 7.61. The van der Waals surface area contributed by atoms with Crippen LogP contribution in [0, 0.1) is 0 Å². The minimum absolute atomic E-state index is 0.0479. The van der Waals surface area contributed by atoms with Gasteiger partial charge >= 0.3 is 6.09 Å². The molecule has 1 aromatic carbocycles. The van der Waals surface area contributed by atoms with Gasteiger partial charge in [-0.3, -0.25) is 9.36 Å². The molecule has 0 bridgehead atoms. The molecule has 1 heterocycles. The Morgan fingerprint density at radius 3 is 2.72 bits per heavy atom. The van der Waals surface area contributed by atoms with Crippen LogP contribution < -0.4 is 5.73 Å². The van der Waals surface area contributed by atoms with E-state index in [2.05, 4.69) is 0 Å². The highest BCUT2D eigenvalue weighted by atomic mass is 16.5. The van der Waals surface area contributed by atoms with Crippen molar-refractivity contribution in [3.05, 3.63) is 36.0 Å². The van der Waals surface area contributed by atoms with Crippen LogP contribution in [0.5, 0.6) is 0 Å². The van der Waals surface area contributed by atoms with Crippen LogP contribution in [0.25, 0.3) is 10.9 Å². The average molecular weight is 246 g/mol. The van der Waals surface area contributed by atoms with E-state index in [1.807, 2.05) is 24.3 Å². The lowest BCUT2D eigenvalue weighted by Gasteiger charge is -1.99. The van der Waals surface area contributed by atoms with E-state index in [1.165, 1.54) is 6.92 Å². The third kappa shape index (κ3) is 2.34. The van der Waals surface area contributed by atoms with Gasteiger partial charge in [0.25, 0.3) is 0 Å². The second-order valence-electron chi connectivity index (χ2n) is 3.98. The van der Waals surface area contributed by atoms with E-state index < -0.39 is 6.09 Å². The number of nitrogens with zero attached hydrogens (tertiary/aromatic N) is 1. The largest absolute Gasteiger partial charge is 0.449 e. The zero-order valence-electron chi connectivity index (χ0n) is 10.1. The predicted molar refractivity (Wildman–Crippen MR) is 67.5 cm³/mol. The maximum absolute atomic E-state index is 11.5. The Balaban J connectivity index is 2.33. The first kappa shape index (κ1) is 12.2. The van der Waals surface area contributed by atoms with Crippen LogP contribution in [0.3, 0.4) is 0 Å². The van der Waals surface area contributed by atoms with Crippen molar-refractivity contribution in [2.75, 3.05) is 6.61 Å². The van der Waals surface area contributed by atoms with Crippen molar-refractivity contribution in [1.82, 2.24) is 4.57 Å². The Morgan fingerprint density at radius 2 is 2.06 bits per heavy atom. The predicted octanol–water partition coefficient (Wildman–Crippen LogP) is 1.94. The molecule has 0 aliphatic carbocycles. The highest BCUT2D eigenvalue weighted by Gasteiger charge is 2.10. The SMILES string of the molecule is CC(=O)n1cc(CCOC(N)=O)c2ccccc21. The molecular formula is C13H14N2O3. The maximum Gasteiger partial charge on any atom is 0.404 e. The molecule has 2 aromatic rings. The first-order chi connectivity index (χ1) is 8.59. The van der Waals surface area contributed by atoms with Crippen LogP contribution in [0.15, 0.2) is 30.5 Å². The number of para-hydroxylation sites is 1. The van der Waals surface area contributed by atoms with E-state index in [9.17, 15) is 9.59 Å². The van der Waals surface area contributed by atoms with Crippen molar-refractivity contribution in [1.29, 1.82) is 0 Å². The molecule has 0 saturated carbocycles. The molecule has 0 aliphatic rings. The van der Waals surface area contributed by atoms with E-state index in [-0.39, 0.29) is 12.5 Å². The van der Waals surface area contributed by atoms with Gasteiger partial charge in [0.1, 0.15) is 0 Å². The van der Waals surface area contributed by atoms with E-state index in [4.69, 9.17) is 10.5 Å². The summed E-state index contributed by atoms with van der Waals surface area (Å²) in [5.41, 5.74) is 6.72. The molecular weight excluding hydrogens is 232 g/mol. The number of hydrogen-bond donors (Lipinski definition) is 1. The molecule has 0 fully saturated rings. The van der Waals surface area contributed by atoms with Crippen LogP contribution >= 0.6 is 0 Å². The zero-order valence-corrected chi connectivity index (χ0v) is 10.1. The van der Waals surface area contributed by atoms with Gasteiger partial charge in [-0.15, -0.1) is 0 Å². The van der Waals surface area contributed by atoms with Gasteiger partial charge in [-0.25, -0.2) is 4.79 Å². The summed E-state index contributed by atoms with van der Waals surface area (Å²) in [6.45, 7) is 1.72. The van der Waals surface area contributed by atoms with Crippen LogP contribution in [0.4, 0.5) is 4.79 Å². The van der Waals surface area contributed by atoms with Gasteiger partial charge in [0.05, 0.1) is 12.1 Å². The molecule has 1 aromatic heterocycles. The molecule has 94 valence electrons. The lowest BCUT2D eigenvalue weighted by molar-refractivity contribution is 0.0941. The molecule has 0 unspecified atom stereocenters. The Hall–Kier alpha value is -2.30. The molecule has 1 amide bonds. The minimum Gasteiger partial charge on any atom is -0.449 e. The van der Waals surface area contributed by atoms with Crippen molar-refractivity contribution in [3.8, 4) is 0 Å². The summed E-state index contributed by atoms with van der Waals surface area (Å²) in [5, 5.41) is 0.987. The number of nitrogens with two attached hydrogens (primary N) is 1. The number of carbonyl (C=O) groups excluding carboxylic acids is 2. The van der Waals surface area contributed by atoms with E-state index >= 15 is 0 Å². The molecule has 5 heteroatoms. The van der Waals surface area contributed by atoms with Crippen molar-refractivity contribution in [2.24, 2.45) is 5.73 Å². The first-order valence-electron chi connectivity index (χ1n) is 5.61. The maximum atomic E-state index is 11.5. The quantitative estimate of drug-likeness (QED) is 0.899. The number of rotatable bonds is 3. The summed E-state index contributed by atoms with van der Waals surface area (Å²) in [5.74, 6) is -0.0479. The number of ether oxygens (including phenoxy) is 1. The number of aromatic nitrogens is 1. The van der Waals surface area contributed by atoms with Gasteiger partial charge in [-0.2, -0.15) is 0 Å². The topological polar surface area (TPSA) is 74.3 Å². The van der Waals surface area contributed by atoms with Gasteiger partial charge in [0.15, 0.2) is 0 Å². The van der Waals surface area contributed by atoms with Crippen molar-refractivity contribution < 1.29 is 14.3 Å². The molecule has 0 aliphatic heterocycles. The smallest absolute Gasteiger partial charge is 0.404 e.